The van der Waals surface area contributed by atoms with Crippen molar-refractivity contribution in [2.24, 2.45) is 7.05 Å². The summed E-state index contributed by atoms with van der Waals surface area (Å²) in [4.78, 5) is 33.7. The zero-order valence-electron chi connectivity index (χ0n) is 28.7. The van der Waals surface area contributed by atoms with E-state index in [4.69, 9.17) is 9.72 Å². The molecule has 3 fully saturated rings. The molecule has 9 nitrogen and oxygen atoms in total. The van der Waals surface area contributed by atoms with E-state index in [9.17, 15) is 9.59 Å². The van der Waals surface area contributed by atoms with Crippen molar-refractivity contribution in [3.63, 3.8) is 0 Å². The van der Waals surface area contributed by atoms with Gasteiger partial charge in [0.1, 0.15) is 28.7 Å². The molecular formula is C39H40F2N6O3. The van der Waals surface area contributed by atoms with Crippen molar-refractivity contribution in [3.05, 3.63) is 88.9 Å². The number of anilines is 2. The maximum atomic E-state index is 15.4. The molecule has 1 saturated carbocycles. The molecule has 2 N–H and O–H groups in total. The lowest BCUT2D eigenvalue weighted by Crippen LogP contribution is -2.57. The molecule has 9 rings (SSSR count). The number of aromatic nitrogens is 3. The van der Waals surface area contributed by atoms with Gasteiger partial charge in [-0.1, -0.05) is 24.3 Å². The van der Waals surface area contributed by atoms with Crippen LogP contribution in [0.25, 0.3) is 33.1 Å². The molecule has 258 valence electrons. The third-order valence-electron chi connectivity index (χ3n) is 10.9. The topological polar surface area (TPSA) is 93.4 Å². The Morgan fingerprint density at radius 1 is 1.08 bits per heavy atom. The van der Waals surface area contributed by atoms with Crippen LogP contribution in [0.4, 0.5) is 20.2 Å². The molecule has 4 aliphatic rings. The van der Waals surface area contributed by atoms with Gasteiger partial charge in [0.15, 0.2) is 5.78 Å². The van der Waals surface area contributed by atoms with Crippen molar-refractivity contribution < 1.29 is 23.1 Å². The second-order valence-corrected chi connectivity index (χ2v) is 14.1. The number of aryl methyl sites for hydroxylation is 3. The van der Waals surface area contributed by atoms with Gasteiger partial charge in [-0.25, -0.2) is 13.8 Å². The van der Waals surface area contributed by atoms with Crippen molar-refractivity contribution in [1.82, 2.24) is 19.4 Å². The number of nitrogens with zero attached hydrogens (tertiary/aromatic N) is 4. The number of rotatable bonds is 7. The molecule has 2 saturated heterocycles. The van der Waals surface area contributed by atoms with Crippen molar-refractivity contribution in [2.45, 2.75) is 57.7 Å². The second kappa shape index (κ2) is 12.2. The number of fused-ring (bicyclic) bond motifs is 7. The summed E-state index contributed by atoms with van der Waals surface area (Å²) in [7, 11) is 4.07. The van der Waals surface area contributed by atoms with Crippen molar-refractivity contribution in [3.8, 4) is 11.1 Å². The number of likely N-dealkylation sites (N-methyl/N-ethyl adjacent to an activating group) is 1. The zero-order chi connectivity index (χ0) is 34.9. The Labute approximate surface area is 288 Å². The highest BCUT2D eigenvalue weighted by Crippen LogP contribution is 2.44. The van der Waals surface area contributed by atoms with Gasteiger partial charge in [0.25, 0.3) is 0 Å². The number of para-hydroxylation sites is 1. The summed E-state index contributed by atoms with van der Waals surface area (Å²) < 4.78 is 40.7. The Morgan fingerprint density at radius 2 is 1.84 bits per heavy atom. The first-order valence-corrected chi connectivity index (χ1v) is 17.2. The molecule has 5 heterocycles. The zero-order valence-corrected chi connectivity index (χ0v) is 28.7. The number of nitrogens with one attached hydrogen (secondary N) is 2. The predicted molar refractivity (Wildman–Crippen MR) is 191 cm³/mol. The Hall–Kier alpha value is -4.87. The lowest BCUT2D eigenvalue weighted by atomic mass is 9.78. The van der Waals surface area contributed by atoms with E-state index in [0.29, 0.717) is 43.3 Å². The molecule has 3 aliphatic heterocycles. The van der Waals surface area contributed by atoms with Crippen LogP contribution in [0.1, 0.15) is 53.0 Å². The third kappa shape index (κ3) is 5.30. The molecule has 3 aromatic carbocycles. The van der Waals surface area contributed by atoms with Gasteiger partial charge in [-0.2, -0.15) is 0 Å². The van der Waals surface area contributed by atoms with E-state index in [-0.39, 0.29) is 11.1 Å². The molecule has 1 aliphatic carbocycles. The Balaban J connectivity index is 1.07. The van der Waals surface area contributed by atoms with Crippen LogP contribution < -0.4 is 15.5 Å². The van der Waals surface area contributed by atoms with Gasteiger partial charge in [0.05, 0.1) is 29.4 Å². The highest BCUT2D eigenvalue weighted by atomic mass is 19.1. The number of carbonyl (C=O) groups is 2. The molecule has 2 aromatic heterocycles. The fourth-order valence-electron chi connectivity index (χ4n) is 8.09. The quantitative estimate of drug-likeness (QED) is 0.150. The van der Waals surface area contributed by atoms with Crippen LogP contribution in [0.15, 0.2) is 54.7 Å². The van der Waals surface area contributed by atoms with Crippen molar-refractivity contribution >= 4 is 45.0 Å². The highest BCUT2D eigenvalue weighted by molar-refractivity contribution is 6.19. The molecule has 2 bridgehead atoms. The van der Waals surface area contributed by atoms with E-state index < -0.39 is 29.0 Å². The molecule has 11 heteroatoms. The van der Waals surface area contributed by atoms with Gasteiger partial charge < -0.3 is 29.4 Å². The Bertz CT molecular complexity index is 2210. The number of hydrogen-bond donors (Lipinski definition) is 2. The largest absolute Gasteiger partial charge is 0.376 e. The van der Waals surface area contributed by atoms with Gasteiger partial charge in [0.2, 0.25) is 5.91 Å². The second-order valence-electron chi connectivity index (χ2n) is 14.1. The molecule has 0 spiro atoms. The van der Waals surface area contributed by atoms with Crippen LogP contribution in [0.3, 0.4) is 0 Å². The highest BCUT2D eigenvalue weighted by Gasteiger charge is 2.40. The Morgan fingerprint density at radius 3 is 2.56 bits per heavy atom. The van der Waals surface area contributed by atoms with Crippen LogP contribution >= 0.6 is 0 Å². The Kier molecular flexibility index (Phi) is 7.87. The summed E-state index contributed by atoms with van der Waals surface area (Å²) in [6.07, 6.45) is 9.14. The van der Waals surface area contributed by atoms with E-state index in [1.54, 1.807) is 12.3 Å². The van der Waals surface area contributed by atoms with E-state index in [2.05, 4.69) is 50.8 Å². The monoisotopic (exact) mass is 678 g/mol. The van der Waals surface area contributed by atoms with Gasteiger partial charge in [-0.05, 0) is 63.3 Å². The van der Waals surface area contributed by atoms with Gasteiger partial charge >= 0.3 is 0 Å². The number of ketones is 1. The van der Waals surface area contributed by atoms with Crippen LogP contribution in [0.5, 0.6) is 0 Å². The number of halogens is 2. The molecule has 5 aromatic rings. The fourth-order valence-corrected chi connectivity index (χ4v) is 8.09. The maximum absolute atomic E-state index is 15.4. The minimum atomic E-state index is -1.02. The summed E-state index contributed by atoms with van der Waals surface area (Å²) in [6.45, 7) is 6.41. The van der Waals surface area contributed by atoms with E-state index >= 15 is 8.78 Å². The number of ether oxygens (including phenoxy) is 1. The first-order chi connectivity index (χ1) is 24.0. The summed E-state index contributed by atoms with van der Waals surface area (Å²) in [6, 6.07) is 9.96. The summed E-state index contributed by atoms with van der Waals surface area (Å²) >= 11 is 0. The minimum absolute atomic E-state index is 0.0778. The van der Waals surface area contributed by atoms with E-state index in [1.165, 1.54) is 6.08 Å². The summed E-state index contributed by atoms with van der Waals surface area (Å²) in [5.41, 5.74) is 6.52. The average molecular weight is 679 g/mol. The summed E-state index contributed by atoms with van der Waals surface area (Å²) in [5, 5.41) is 6.47. The normalized spacial score (nSPS) is 20.0. The first kappa shape index (κ1) is 32.3. The lowest BCUT2D eigenvalue weighted by molar-refractivity contribution is -0.112. The molecule has 1 amide bonds. The smallest absolute Gasteiger partial charge is 0.248 e. The van der Waals surface area contributed by atoms with Crippen LogP contribution in [-0.2, 0) is 23.1 Å². The predicted octanol–water partition coefficient (Wildman–Crippen LogP) is 6.57. The van der Waals surface area contributed by atoms with Crippen LogP contribution in [-0.4, -0.2) is 64.2 Å². The van der Waals surface area contributed by atoms with Crippen molar-refractivity contribution in [2.75, 3.05) is 37.0 Å². The van der Waals surface area contributed by atoms with Crippen molar-refractivity contribution in [1.29, 1.82) is 0 Å². The molecular weight excluding hydrogens is 638 g/mol. The van der Waals surface area contributed by atoms with Gasteiger partial charge in [-0.3, -0.25) is 9.59 Å². The molecule has 50 heavy (non-hydrogen) atoms. The van der Waals surface area contributed by atoms with Gasteiger partial charge in [-0.15, -0.1) is 0 Å². The van der Waals surface area contributed by atoms with E-state index in [0.717, 1.165) is 82.6 Å². The molecule has 0 unspecified atom stereocenters. The number of benzene rings is 3. The molecule has 0 atom stereocenters. The minimum Gasteiger partial charge on any atom is -0.376 e. The summed E-state index contributed by atoms with van der Waals surface area (Å²) in [5.74, 6) is -2.29. The van der Waals surface area contributed by atoms with Gasteiger partial charge in [0, 0.05) is 79.2 Å². The molecule has 0 radical (unpaired) electrons. The number of hydrogen-bond acceptors (Lipinski definition) is 6. The number of carbonyl (C=O) groups excluding carboxylic acids is 2. The SMILES string of the molecule is Cc1cc2c(nc(C)n2C)c2c1-c1cccc3c(C(=O)c4cc(F)c(NC(=O)/C=C/CNC56CCC(CC5)OC6)c(F)c4)cn(c13)CCN2C. The fraction of sp³-hybridized carbons (Fsp3) is 0.359. The average Bonchev–Trinajstić information content (AvgIpc) is 3.62. The van der Waals surface area contributed by atoms with E-state index in [1.807, 2.05) is 26.1 Å². The number of imidazole rings is 1. The number of amides is 1. The lowest BCUT2D eigenvalue weighted by Gasteiger charge is -2.46. The third-order valence-corrected chi connectivity index (χ3v) is 10.9. The van der Waals surface area contributed by atoms with Crippen LogP contribution in [0, 0.1) is 25.5 Å². The van der Waals surface area contributed by atoms with Crippen LogP contribution in [0.2, 0.25) is 0 Å². The first-order valence-electron chi connectivity index (χ1n) is 17.2. The maximum Gasteiger partial charge on any atom is 0.248 e. The standard InChI is InChI=1S/C39H40F2N6O3/c1-22-17-31-35(43-23(2)46(31)4)37-33(22)27-8-5-7-26-28(20-47(36(26)27)16-15-45(37)3)38(49)24-18-29(40)34(30(41)19-24)44-32(48)9-6-14-42-39-12-10-25(11-13-39)50-21-39/h5-9,17-20,25,42H,10-16,21H2,1-4H3,(H,44,48)/b9-6+.